The number of carbonyl (C=O) groups is 1. The third kappa shape index (κ3) is 6.76. The standard InChI is InChI=1S/C18H34N4O.HI/c1-5-7-13-11-16(13)22-18(19-4)21-15-9-6-8-14(10-15)17(23)20-12(2)3;/h12-16H,5-11H2,1-4H3,(H,20,23)(H2,19,21,22);1H. The van der Waals surface area contributed by atoms with Crippen LogP contribution >= 0.6 is 24.0 Å². The molecule has 0 aromatic rings. The number of nitrogens with zero attached hydrogens (tertiary/aromatic N) is 1. The summed E-state index contributed by atoms with van der Waals surface area (Å²) in [6.07, 6.45) is 7.95. The van der Waals surface area contributed by atoms with E-state index < -0.39 is 0 Å². The highest BCUT2D eigenvalue weighted by molar-refractivity contribution is 14.0. The van der Waals surface area contributed by atoms with Gasteiger partial charge in [-0.15, -0.1) is 24.0 Å². The number of rotatable bonds is 6. The van der Waals surface area contributed by atoms with E-state index in [0.29, 0.717) is 12.1 Å². The van der Waals surface area contributed by atoms with Crippen LogP contribution in [-0.2, 0) is 4.79 Å². The summed E-state index contributed by atoms with van der Waals surface area (Å²) in [5.74, 6) is 2.06. The molecule has 2 fully saturated rings. The lowest BCUT2D eigenvalue weighted by Crippen LogP contribution is -2.48. The van der Waals surface area contributed by atoms with Crippen molar-refractivity contribution in [2.75, 3.05) is 7.05 Å². The molecule has 0 heterocycles. The van der Waals surface area contributed by atoms with Crippen LogP contribution in [0.4, 0.5) is 0 Å². The molecule has 3 N–H and O–H groups in total. The van der Waals surface area contributed by atoms with E-state index in [1.807, 2.05) is 20.9 Å². The minimum Gasteiger partial charge on any atom is -0.354 e. The summed E-state index contributed by atoms with van der Waals surface area (Å²) in [5, 5.41) is 10.1. The van der Waals surface area contributed by atoms with Crippen molar-refractivity contribution >= 4 is 35.8 Å². The van der Waals surface area contributed by atoms with Crippen LogP contribution in [0.2, 0.25) is 0 Å². The van der Waals surface area contributed by atoms with Crippen LogP contribution < -0.4 is 16.0 Å². The Morgan fingerprint density at radius 3 is 2.58 bits per heavy atom. The van der Waals surface area contributed by atoms with Crippen molar-refractivity contribution in [2.24, 2.45) is 16.8 Å². The van der Waals surface area contributed by atoms with Gasteiger partial charge in [-0.2, -0.15) is 0 Å². The quantitative estimate of drug-likeness (QED) is 0.331. The number of halogens is 1. The van der Waals surface area contributed by atoms with Crippen molar-refractivity contribution in [3.63, 3.8) is 0 Å². The van der Waals surface area contributed by atoms with Crippen LogP contribution in [0.1, 0.15) is 65.7 Å². The highest BCUT2D eigenvalue weighted by atomic mass is 127. The van der Waals surface area contributed by atoms with Crippen LogP contribution in [0, 0.1) is 11.8 Å². The van der Waals surface area contributed by atoms with Gasteiger partial charge in [0.05, 0.1) is 0 Å². The summed E-state index contributed by atoms with van der Waals surface area (Å²) in [7, 11) is 1.83. The summed E-state index contributed by atoms with van der Waals surface area (Å²) in [4.78, 5) is 16.6. The Morgan fingerprint density at radius 2 is 1.96 bits per heavy atom. The average molecular weight is 450 g/mol. The van der Waals surface area contributed by atoms with Gasteiger partial charge in [0, 0.05) is 31.1 Å². The molecule has 1 amide bonds. The van der Waals surface area contributed by atoms with E-state index in [1.165, 1.54) is 19.3 Å². The number of aliphatic imine (C=N–C) groups is 1. The van der Waals surface area contributed by atoms with E-state index in [-0.39, 0.29) is 41.8 Å². The zero-order chi connectivity index (χ0) is 16.8. The van der Waals surface area contributed by atoms with Gasteiger partial charge in [0.15, 0.2) is 5.96 Å². The third-order valence-corrected chi connectivity index (χ3v) is 4.94. The maximum Gasteiger partial charge on any atom is 0.223 e. The smallest absolute Gasteiger partial charge is 0.223 e. The molecular weight excluding hydrogens is 415 g/mol. The maximum atomic E-state index is 12.2. The first-order valence-electron chi connectivity index (χ1n) is 9.33. The molecule has 0 aliphatic heterocycles. The normalized spacial score (nSPS) is 29.6. The van der Waals surface area contributed by atoms with E-state index >= 15 is 0 Å². The van der Waals surface area contributed by atoms with Gasteiger partial charge in [-0.3, -0.25) is 9.79 Å². The monoisotopic (exact) mass is 450 g/mol. The predicted octanol–water partition coefficient (Wildman–Crippen LogP) is 3.04. The molecule has 0 radical (unpaired) electrons. The Morgan fingerprint density at radius 1 is 1.21 bits per heavy atom. The lowest BCUT2D eigenvalue weighted by Gasteiger charge is -2.30. The molecule has 5 nitrogen and oxygen atoms in total. The number of guanidine groups is 1. The molecule has 6 heteroatoms. The van der Waals surface area contributed by atoms with Crippen LogP contribution in [0.5, 0.6) is 0 Å². The minimum atomic E-state index is 0. The van der Waals surface area contributed by atoms with Gasteiger partial charge in [-0.1, -0.05) is 19.8 Å². The van der Waals surface area contributed by atoms with Gasteiger partial charge < -0.3 is 16.0 Å². The Labute approximate surface area is 164 Å². The summed E-state index contributed by atoms with van der Waals surface area (Å²) in [6.45, 7) is 6.28. The fourth-order valence-electron chi connectivity index (χ4n) is 3.62. The maximum absolute atomic E-state index is 12.2. The van der Waals surface area contributed by atoms with Crippen LogP contribution in [0.25, 0.3) is 0 Å². The number of hydrogen-bond donors (Lipinski definition) is 3. The van der Waals surface area contributed by atoms with E-state index in [4.69, 9.17) is 0 Å². The van der Waals surface area contributed by atoms with Gasteiger partial charge >= 0.3 is 0 Å². The van der Waals surface area contributed by atoms with Gasteiger partial charge in [-0.05, 0) is 51.9 Å². The lowest BCUT2D eigenvalue weighted by atomic mass is 9.85. The fraction of sp³-hybridized carbons (Fsp3) is 0.889. The first kappa shape index (κ1) is 21.5. The van der Waals surface area contributed by atoms with Crippen LogP contribution in [-0.4, -0.2) is 37.0 Å². The van der Waals surface area contributed by atoms with Crippen molar-refractivity contribution in [1.82, 2.24) is 16.0 Å². The van der Waals surface area contributed by atoms with Crippen LogP contribution in [0.15, 0.2) is 4.99 Å². The number of nitrogens with one attached hydrogen (secondary N) is 3. The highest BCUT2D eigenvalue weighted by Crippen LogP contribution is 2.34. The lowest BCUT2D eigenvalue weighted by molar-refractivity contribution is -0.126. The predicted molar refractivity (Wildman–Crippen MR) is 111 cm³/mol. The molecule has 0 aromatic carbocycles. The molecule has 4 atom stereocenters. The van der Waals surface area contributed by atoms with E-state index in [9.17, 15) is 4.79 Å². The molecular formula is C18H35IN4O. The summed E-state index contributed by atoms with van der Waals surface area (Å²) in [6, 6.07) is 1.15. The number of amides is 1. The fourth-order valence-corrected chi connectivity index (χ4v) is 3.62. The molecule has 0 bridgehead atoms. The molecule has 0 aromatic heterocycles. The summed E-state index contributed by atoms with van der Waals surface area (Å²) in [5.41, 5.74) is 0. The molecule has 0 spiro atoms. The Kier molecular flexibility index (Phi) is 9.37. The Hall–Kier alpha value is -0.530. The van der Waals surface area contributed by atoms with E-state index in [1.54, 1.807) is 0 Å². The van der Waals surface area contributed by atoms with Crippen molar-refractivity contribution in [3.05, 3.63) is 0 Å². The summed E-state index contributed by atoms with van der Waals surface area (Å²) >= 11 is 0. The average Bonchev–Trinajstić information content (AvgIpc) is 3.24. The van der Waals surface area contributed by atoms with Crippen LogP contribution in [0.3, 0.4) is 0 Å². The van der Waals surface area contributed by atoms with Crippen molar-refractivity contribution in [3.8, 4) is 0 Å². The minimum absolute atomic E-state index is 0. The third-order valence-electron chi connectivity index (χ3n) is 4.94. The Bertz CT molecular complexity index is 427. The largest absolute Gasteiger partial charge is 0.354 e. The van der Waals surface area contributed by atoms with Gasteiger partial charge in [0.25, 0.3) is 0 Å². The molecule has 2 aliphatic carbocycles. The molecule has 4 unspecified atom stereocenters. The van der Waals surface area contributed by atoms with Gasteiger partial charge in [-0.25, -0.2) is 0 Å². The first-order chi connectivity index (χ1) is 11.0. The number of hydrogen-bond acceptors (Lipinski definition) is 2. The second-order valence-corrected chi connectivity index (χ2v) is 7.48. The second-order valence-electron chi connectivity index (χ2n) is 7.48. The van der Waals surface area contributed by atoms with Crippen molar-refractivity contribution in [2.45, 2.75) is 83.8 Å². The van der Waals surface area contributed by atoms with Crippen molar-refractivity contribution in [1.29, 1.82) is 0 Å². The van der Waals surface area contributed by atoms with Crippen molar-refractivity contribution < 1.29 is 4.79 Å². The SMILES string of the molecule is CCCC1CC1NC(=NC)NC1CCCC(C(=O)NC(C)C)C1.I. The molecule has 2 aliphatic rings. The highest BCUT2D eigenvalue weighted by Gasteiger charge is 2.37. The molecule has 2 saturated carbocycles. The first-order valence-corrected chi connectivity index (χ1v) is 9.33. The zero-order valence-corrected chi connectivity index (χ0v) is 17.9. The Balaban J connectivity index is 0.00000288. The number of carbonyl (C=O) groups excluding carboxylic acids is 1. The molecule has 0 saturated heterocycles. The summed E-state index contributed by atoms with van der Waals surface area (Å²) < 4.78 is 0. The molecule has 24 heavy (non-hydrogen) atoms. The van der Waals surface area contributed by atoms with E-state index in [2.05, 4.69) is 27.9 Å². The van der Waals surface area contributed by atoms with Gasteiger partial charge in [0.1, 0.15) is 0 Å². The topological polar surface area (TPSA) is 65.5 Å². The second kappa shape index (κ2) is 10.5. The van der Waals surface area contributed by atoms with E-state index in [0.717, 1.165) is 37.6 Å². The zero-order valence-electron chi connectivity index (χ0n) is 15.6. The molecule has 2 rings (SSSR count). The molecule has 140 valence electrons. The van der Waals surface area contributed by atoms with Gasteiger partial charge in [0.2, 0.25) is 5.91 Å².